The molecule has 3 rings (SSSR count). The van der Waals surface area contributed by atoms with Gasteiger partial charge in [-0.3, -0.25) is 0 Å². The third kappa shape index (κ3) is 4.17. The average Bonchev–Trinajstić information content (AvgIpc) is 2.63. The molecule has 1 aromatic rings. The van der Waals surface area contributed by atoms with Crippen molar-refractivity contribution in [1.82, 2.24) is 15.2 Å². The fourth-order valence-corrected chi connectivity index (χ4v) is 3.82. The third-order valence-corrected chi connectivity index (χ3v) is 5.07. The summed E-state index contributed by atoms with van der Waals surface area (Å²) in [5, 5.41) is 12.4. The standard InChI is InChI=1S/C18H28N4O2/c23-13-9-16-7-2-4-12-22(16)18(24)20-15-6-5-11-21(14-15)17-8-1-3-10-19-17/h1,3,8,10,15-16,23H,2,4-7,9,11-14H2,(H,20,24)/t15-,16+/m0/s1. The SMILES string of the molecule is O=C(N[C@H]1CCCN(c2ccccn2)C1)N1CCCC[C@@H]1CCO. The molecule has 0 spiro atoms. The first kappa shape index (κ1) is 17.0. The molecule has 2 amide bonds. The van der Waals surface area contributed by atoms with Crippen LogP contribution in [0.15, 0.2) is 24.4 Å². The molecule has 132 valence electrons. The summed E-state index contributed by atoms with van der Waals surface area (Å²) in [5.74, 6) is 0.979. The predicted molar refractivity (Wildman–Crippen MR) is 94.1 cm³/mol. The van der Waals surface area contributed by atoms with Crippen molar-refractivity contribution in [3.63, 3.8) is 0 Å². The van der Waals surface area contributed by atoms with Crippen LogP contribution in [-0.2, 0) is 0 Å². The lowest BCUT2D eigenvalue weighted by Crippen LogP contribution is -2.55. The number of aromatic nitrogens is 1. The zero-order valence-electron chi connectivity index (χ0n) is 14.2. The number of carbonyl (C=O) groups excluding carboxylic acids is 1. The Morgan fingerprint density at radius 1 is 1.25 bits per heavy atom. The summed E-state index contributed by atoms with van der Waals surface area (Å²) in [6, 6.07) is 6.30. The number of aliphatic hydroxyl groups is 1. The van der Waals surface area contributed by atoms with Crippen molar-refractivity contribution in [2.45, 2.75) is 50.6 Å². The van der Waals surface area contributed by atoms with E-state index in [0.29, 0.717) is 6.42 Å². The Morgan fingerprint density at radius 2 is 2.17 bits per heavy atom. The van der Waals surface area contributed by atoms with E-state index >= 15 is 0 Å². The van der Waals surface area contributed by atoms with Crippen LogP contribution in [0.4, 0.5) is 10.6 Å². The first-order chi connectivity index (χ1) is 11.8. The molecule has 0 saturated carbocycles. The number of hydrogen-bond donors (Lipinski definition) is 2. The van der Waals surface area contributed by atoms with Crippen molar-refractivity contribution in [2.24, 2.45) is 0 Å². The van der Waals surface area contributed by atoms with Gasteiger partial charge in [0.15, 0.2) is 0 Å². The Kier molecular flexibility index (Phi) is 5.91. The van der Waals surface area contributed by atoms with Gasteiger partial charge in [0, 0.05) is 44.5 Å². The Hall–Kier alpha value is -1.82. The van der Waals surface area contributed by atoms with Crippen molar-refractivity contribution < 1.29 is 9.90 Å². The van der Waals surface area contributed by atoms with Crippen molar-refractivity contribution in [1.29, 1.82) is 0 Å². The normalized spacial score (nSPS) is 24.7. The van der Waals surface area contributed by atoms with E-state index in [2.05, 4.69) is 15.2 Å². The number of rotatable bonds is 4. The highest BCUT2D eigenvalue weighted by atomic mass is 16.3. The molecule has 2 saturated heterocycles. The highest BCUT2D eigenvalue weighted by Crippen LogP contribution is 2.21. The summed E-state index contributed by atoms with van der Waals surface area (Å²) in [6.07, 6.45) is 7.75. The van der Waals surface area contributed by atoms with Crippen LogP contribution in [0.25, 0.3) is 0 Å². The van der Waals surface area contributed by atoms with Gasteiger partial charge in [-0.25, -0.2) is 9.78 Å². The third-order valence-electron chi connectivity index (χ3n) is 5.07. The van der Waals surface area contributed by atoms with E-state index in [0.717, 1.165) is 57.6 Å². The van der Waals surface area contributed by atoms with Crippen molar-refractivity contribution >= 4 is 11.8 Å². The van der Waals surface area contributed by atoms with Gasteiger partial charge in [0.25, 0.3) is 0 Å². The summed E-state index contributed by atoms with van der Waals surface area (Å²) in [5.41, 5.74) is 0. The van der Waals surface area contributed by atoms with Crippen molar-refractivity contribution in [3.8, 4) is 0 Å². The van der Waals surface area contributed by atoms with Crippen LogP contribution >= 0.6 is 0 Å². The maximum Gasteiger partial charge on any atom is 0.317 e. The Labute approximate surface area is 143 Å². The lowest BCUT2D eigenvalue weighted by molar-refractivity contribution is 0.129. The second kappa shape index (κ2) is 8.33. The first-order valence-electron chi connectivity index (χ1n) is 9.12. The van der Waals surface area contributed by atoms with Crippen molar-refractivity contribution in [3.05, 3.63) is 24.4 Å². The van der Waals surface area contributed by atoms with Gasteiger partial charge in [-0.05, 0) is 50.7 Å². The molecule has 0 bridgehead atoms. The zero-order chi connectivity index (χ0) is 16.8. The minimum absolute atomic E-state index is 0.0287. The summed E-state index contributed by atoms with van der Waals surface area (Å²) < 4.78 is 0. The molecule has 2 fully saturated rings. The van der Waals surface area contributed by atoms with E-state index in [1.54, 1.807) is 0 Å². The number of likely N-dealkylation sites (tertiary alicyclic amines) is 1. The fraction of sp³-hybridized carbons (Fsp3) is 0.667. The van der Waals surface area contributed by atoms with Crippen LogP contribution in [0.3, 0.4) is 0 Å². The Balaban J connectivity index is 1.57. The van der Waals surface area contributed by atoms with Crippen LogP contribution in [0.1, 0.15) is 38.5 Å². The molecular formula is C18H28N4O2. The lowest BCUT2D eigenvalue weighted by atomic mass is 10.00. The van der Waals surface area contributed by atoms with E-state index in [9.17, 15) is 9.90 Å². The average molecular weight is 332 g/mol. The van der Waals surface area contributed by atoms with E-state index in [4.69, 9.17) is 0 Å². The second-order valence-corrected chi connectivity index (χ2v) is 6.78. The molecule has 2 N–H and O–H groups in total. The van der Waals surface area contributed by atoms with Crippen LogP contribution in [0.5, 0.6) is 0 Å². The topological polar surface area (TPSA) is 68.7 Å². The summed E-state index contributed by atoms with van der Waals surface area (Å²) in [4.78, 5) is 21.3. The van der Waals surface area contributed by atoms with Gasteiger partial charge >= 0.3 is 6.03 Å². The molecule has 1 aromatic heterocycles. The number of piperidine rings is 2. The fourth-order valence-electron chi connectivity index (χ4n) is 3.82. The highest BCUT2D eigenvalue weighted by Gasteiger charge is 2.29. The van der Waals surface area contributed by atoms with E-state index in [-0.39, 0.29) is 24.7 Å². The summed E-state index contributed by atoms with van der Waals surface area (Å²) in [6.45, 7) is 2.74. The molecule has 2 aliphatic heterocycles. The Morgan fingerprint density at radius 3 is 2.96 bits per heavy atom. The minimum atomic E-state index is 0.0287. The van der Waals surface area contributed by atoms with Gasteiger partial charge in [-0.15, -0.1) is 0 Å². The van der Waals surface area contributed by atoms with Crippen LogP contribution in [0.2, 0.25) is 0 Å². The number of aliphatic hydroxyl groups excluding tert-OH is 1. The van der Waals surface area contributed by atoms with Gasteiger partial charge in [0.05, 0.1) is 0 Å². The number of nitrogens with zero attached hydrogens (tertiary/aromatic N) is 3. The molecule has 2 aliphatic rings. The molecule has 6 heteroatoms. The molecule has 3 heterocycles. The number of carbonyl (C=O) groups is 1. The number of nitrogens with one attached hydrogen (secondary N) is 1. The predicted octanol–water partition coefficient (Wildman–Crippen LogP) is 2.00. The highest BCUT2D eigenvalue weighted by molar-refractivity contribution is 5.75. The molecule has 0 radical (unpaired) electrons. The number of pyridine rings is 1. The van der Waals surface area contributed by atoms with Gasteiger partial charge in [0.2, 0.25) is 0 Å². The lowest BCUT2D eigenvalue weighted by Gasteiger charge is -2.39. The number of hydrogen-bond acceptors (Lipinski definition) is 4. The van der Waals surface area contributed by atoms with E-state index < -0.39 is 0 Å². The van der Waals surface area contributed by atoms with Crippen LogP contribution in [0, 0.1) is 0 Å². The Bertz CT molecular complexity index is 523. The molecule has 0 unspecified atom stereocenters. The number of urea groups is 1. The maximum absolute atomic E-state index is 12.7. The van der Waals surface area contributed by atoms with E-state index in [1.807, 2.05) is 29.3 Å². The van der Waals surface area contributed by atoms with Gasteiger partial charge in [-0.2, -0.15) is 0 Å². The quantitative estimate of drug-likeness (QED) is 0.885. The largest absolute Gasteiger partial charge is 0.396 e. The molecule has 6 nitrogen and oxygen atoms in total. The number of anilines is 1. The van der Waals surface area contributed by atoms with Crippen LogP contribution < -0.4 is 10.2 Å². The monoisotopic (exact) mass is 332 g/mol. The maximum atomic E-state index is 12.7. The number of amides is 2. The molecule has 2 atom stereocenters. The first-order valence-corrected chi connectivity index (χ1v) is 9.12. The van der Waals surface area contributed by atoms with Gasteiger partial charge in [-0.1, -0.05) is 6.07 Å². The van der Waals surface area contributed by atoms with Gasteiger partial charge < -0.3 is 20.2 Å². The molecule has 0 aromatic carbocycles. The van der Waals surface area contributed by atoms with Crippen molar-refractivity contribution in [2.75, 3.05) is 31.1 Å². The van der Waals surface area contributed by atoms with E-state index in [1.165, 1.54) is 0 Å². The molecular weight excluding hydrogens is 304 g/mol. The van der Waals surface area contributed by atoms with Gasteiger partial charge in [0.1, 0.15) is 5.82 Å². The minimum Gasteiger partial charge on any atom is -0.396 e. The smallest absolute Gasteiger partial charge is 0.317 e. The summed E-state index contributed by atoms with van der Waals surface area (Å²) >= 11 is 0. The zero-order valence-corrected chi connectivity index (χ0v) is 14.2. The van der Waals surface area contributed by atoms with Crippen LogP contribution in [-0.4, -0.2) is 59.3 Å². The molecule has 24 heavy (non-hydrogen) atoms. The summed E-state index contributed by atoms with van der Waals surface area (Å²) in [7, 11) is 0. The second-order valence-electron chi connectivity index (χ2n) is 6.78. The molecule has 0 aliphatic carbocycles.